The highest BCUT2D eigenvalue weighted by Crippen LogP contribution is 2.21. The summed E-state index contributed by atoms with van der Waals surface area (Å²) in [5, 5.41) is 4.71. The number of unbranched alkanes of at least 4 members (excludes halogenated alkanes) is 5. The zero-order valence-electron chi connectivity index (χ0n) is 16.2. The molecule has 0 saturated heterocycles. The summed E-state index contributed by atoms with van der Waals surface area (Å²) < 4.78 is 0. The number of amides is 1. The molecular formula is C23H28N4O. The first-order valence-electron chi connectivity index (χ1n) is 10.1. The standard InChI is InChI=1S/C23H28N4O/c24-23(28)19-12-15-25-17-18(19)9-5-3-1-2-4-8-14-26-22-13-16-27-21-11-7-6-10-20(21)22/h6-7,10-13,15-17H,1-5,8-9,14H2,(H2,24,28)(H,26,27). The summed E-state index contributed by atoms with van der Waals surface area (Å²) in [6.45, 7) is 0.978. The summed E-state index contributed by atoms with van der Waals surface area (Å²) in [4.78, 5) is 19.9. The number of aromatic nitrogens is 2. The number of nitrogens with zero attached hydrogens (tertiary/aromatic N) is 2. The van der Waals surface area contributed by atoms with Crippen LogP contribution >= 0.6 is 0 Å². The lowest BCUT2D eigenvalue weighted by molar-refractivity contribution is 0.0999. The summed E-state index contributed by atoms with van der Waals surface area (Å²) in [5.74, 6) is -0.369. The van der Waals surface area contributed by atoms with Crippen LogP contribution in [0, 0.1) is 0 Å². The molecule has 146 valence electrons. The maximum Gasteiger partial charge on any atom is 0.249 e. The maximum atomic E-state index is 11.4. The second-order valence-electron chi connectivity index (χ2n) is 7.07. The summed E-state index contributed by atoms with van der Waals surface area (Å²) in [6.07, 6.45) is 13.1. The Morgan fingerprint density at radius 1 is 0.929 bits per heavy atom. The fourth-order valence-corrected chi connectivity index (χ4v) is 3.49. The number of aryl methyl sites for hydroxylation is 1. The zero-order valence-corrected chi connectivity index (χ0v) is 16.2. The van der Waals surface area contributed by atoms with Gasteiger partial charge in [0.1, 0.15) is 0 Å². The van der Waals surface area contributed by atoms with Crippen LogP contribution in [0.5, 0.6) is 0 Å². The van der Waals surface area contributed by atoms with Gasteiger partial charge in [-0.1, -0.05) is 43.9 Å². The number of hydrogen-bond acceptors (Lipinski definition) is 4. The number of para-hydroxylation sites is 1. The number of nitrogens with one attached hydrogen (secondary N) is 1. The quantitative estimate of drug-likeness (QED) is 0.474. The molecule has 5 heteroatoms. The summed E-state index contributed by atoms with van der Waals surface area (Å²) in [6, 6.07) is 12.0. The van der Waals surface area contributed by atoms with E-state index in [1.807, 2.05) is 30.5 Å². The molecular weight excluding hydrogens is 348 g/mol. The monoisotopic (exact) mass is 376 g/mol. The van der Waals surface area contributed by atoms with Crippen molar-refractivity contribution in [2.24, 2.45) is 5.73 Å². The number of carbonyl (C=O) groups is 1. The minimum absolute atomic E-state index is 0.369. The molecule has 0 bridgehead atoms. The number of primary amides is 1. The van der Waals surface area contributed by atoms with Crippen molar-refractivity contribution in [3.63, 3.8) is 0 Å². The third-order valence-corrected chi connectivity index (χ3v) is 5.01. The van der Waals surface area contributed by atoms with Crippen LogP contribution in [0.1, 0.15) is 54.4 Å². The minimum atomic E-state index is -0.369. The van der Waals surface area contributed by atoms with Crippen molar-refractivity contribution in [1.29, 1.82) is 0 Å². The van der Waals surface area contributed by atoms with Gasteiger partial charge in [-0.25, -0.2) is 0 Å². The highest BCUT2D eigenvalue weighted by atomic mass is 16.1. The van der Waals surface area contributed by atoms with Gasteiger partial charge in [-0.05, 0) is 43.0 Å². The van der Waals surface area contributed by atoms with E-state index in [0.29, 0.717) is 5.56 Å². The van der Waals surface area contributed by atoms with E-state index in [9.17, 15) is 4.79 Å². The fraction of sp³-hybridized carbons (Fsp3) is 0.348. The molecule has 0 aliphatic rings. The summed E-state index contributed by atoms with van der Waals surface area (Å²) in [5.41, 5.74) is 9.16. The highest BCUT2D eigenvalue weighted by molar-refractivity contribution is 5.94. The Hall–Kier alpha value is -2.95. The second kappa shape index (κ2) is 10.4. The van der Waals surface area contributed by atoms with E-state index >= 15 is 0 Å². The molecule has 3 aromatic rings. The Morgan fingerprint density at radius 2 is 1.71 bits per heavy atom. The van der Waals surface area contributed by atoms with Crippen molar-refractivity contribution in [2.75, 3.05) is 11.9 Å². The van der Waals surface area contributed by atoms with Gasteiger partial charge in [0.2, 0.25) is 5.91 Å². The van der Waals surface area contributed by atoms with Crippen LogP contribution in [-0.4, -0.2) is 22.4 Å². The molecule has 0 aliphatic carbocycles. The number of anilines is 1. The molecule has 0 spiro atoms. The molecule has 0 fully saturated rings. The van der Waals surface area contributed by atoms with E-state index in [2.05, 4.69) is 21.4 Å². The number of carbonyl (C=O) groups excluding carboxylic acids is 1. The van der Waals surface area contributed by atoms with E-state index < -0.39 is 0 Å². The molecule has 1 amide bonds. The lowest BCUT2D eigenvalue weighted by Crippen LogP contribution is -2.13. The van der Waals surface area contributed by atoms with E-state index in [1.54, 1.807) is 18.5 Å². The Morgan fingerprint density at radius 3 is 2.57 bits per heavy atom. The molecule has 0 atom stereocenters. The topological polar surface area (TPSA) is 80.9 Å². The number of nitrogens with two attached hydrogens (primary N) is 1. The van der Waals surface area contributed by atoms with Gasteiger partial charge in [-0.2, -0.15) is 0 Å². The number of hydrogen-bond donors (Lipinski definition) is 2. The normalized spacial score (nSPS) is 10.9. The third-order valence-electron chi connectivity index (χ3n) is 5.01. The molecule has 0 radical (unpaired) electrons. The summed E-state index contributed by atoms with van der Waals surface area (Å²) in [7, 11) is 0. The van der Waals surface area contributed by atoms with Crippen LogP contribution in [-0.2, 0) is 6.42 Å². The van der Waals surface area contributed by atoms with Crippen LogP contribution in [0.15, 0.2) is 55.0 Å². The molecule has 5 nitrogen and oxygen atoms in total. The SMILES string of the molecule is NC(=O)c1ccncc1CCCCCCCCNc1ccnc2ccccc12. The van der Waals surface area contributed by atoms with Gasteiger partial charge in [-0.15, -0.1) is 0 Å². The Bertz CT molecular complexity index is 905. The smallest absolute Gasteiger partial charge is 0.249 e. The first-order chi connectivity index (χ1) is 13.8. The van der Waals surface area contributed by atoms with Crippen LogP contribution in [0.4, 0.5) is 5.69 Å². The van der Waals surface area contributed by atoms with Crippen molar-refractivity contribution in [1.82, 2.24) is 9.97 Å². The van der Waals surface area contributed by atoms with Gasteiger partial charge in [0.25, 0.3) is 0 Å². The molecule has 0 saturated carbocycles. The van der Waals surface area contributed by atoms with Crippen LogP contribution < -0.4 is 11.1 Å². The van der Waals surface area contributed by atoms with Gasteiger partial charge in [0.05, 0.1) is 5.52 Å². The van der Waals surface area contributed by atoms with E-state index in [4.69, 9.17) is 5.73 Å². The van der Waals surface area contributed by atoms with Gasteiger partial charge in [0, 0.05) is 41.8 Å². The second-order valence-corrected chi connectivity index (χ2v) is 7.07. The van der Waals surface area contributed by atoms with Gasteiger partial charge in [0.15, 0.2) is 0 Å². The van der Waals surface area contributed by atoms with Gasteiger partial charge < -0.3 is 11.1 Å². The van der Waals surface area contributed by atoms with Crippen molar-refractivity contribution in [3.8, 4) is 0 Å². The molecule has 0 aliphatic heterocycles. The van der Waals surface area contributed by atoms with Crippen molar-refractivity contribution in [2.45, 2.75) is 44.9 Å². The first kappa shape index (κ1) is 19.8. The van der Waals surface area contributed by atoms with Crippen molar-refractivity contribution < 1.29 is 4.79 Å². The van der Waals surface area contributed by atoms with Gasteiger partial charge in [-0.3, -0.25) is 14.8 Å². The predicted molar refractivity (Wildman–Crippen MR) is 114 cm³/mol. The number of benzene rings is 1. The largest absolute Gasteiger partial charge is 0.384 e. The van der Waals surface area contributed by atoms with E-state index in [0.717, 1.165) is 49.0 Å². The zero-order chi connectivity index (χ0) is 19.6. The third kappa shape index (κ3) is 5.52. The average molecular weight is 377 g/mol. The number of pyridine rings is 2. The van der Waals surface area contributed by atoms with Crippen molar-refractivity contribution >= 4 is 22.5 Å². The number of fused-ring (bicyclic) bond motifs is 1. The maximum absolute atomic E-state index is 11.4. The van der Waals surface area contributed by atoms with Crippen LogP contribution in [0.25, 0.3) is 10.9 Å². The summed E-state index contributed by atoms with van der Waals surface area (Å²) >= 11 is 0. The molecule has 3 N–H and O–H groups in total. The predicted octanol–water partition coefficient (Wildman–Crippen LogP) is 4.72. The lowest BCUT2D eigenvalue weighted by Gasteiger charge is -2.09. The van der Waals surface area contributed by atoms with Crippen molar-refractivity contribution in [3.05, 3.63) is 66.1 Å². The van der Waals surface area contributed by atoms with E-state index in [-0.39, 0.29) is 5.91 Å². The minimum Gasteiger partial charge on any atom is -0.384 e. The lowest BCUT2D eigenvalue weighted by atomic mass is 10.0. The van der Waals surface area contributed by atoms with Crippen LogP contribution in [0.2, 0.25) is 0 Å². The van der Waals surface area contributed by atoms with Gasteiger partial charge >= 0.3 is 0 Å². The molecule has 2 heterocycles. The average Bonchev–Trinajstić information content (AvgIpc) is 2.73. The first-order valence-corrected chi connectivity index (χ1v) is 10.1. The fourth-order valence-electron chi connectivity index (χ4n) is 3.49. The number of rotatable bonds is 11. The molecule has 1 aromatic carbocycles. The van der Waals surface area contributed by atoms with E-state index in [1.165, 1.54) is 24.6 Å². The molecule has 28 heavy (non-hydrogen) atoms. The highest BCUT2D eigenvalue weighted by Gasteiger charge is 2.07. The van der Waals surface area contributed by atoms with Crippen LogP contribution in [0.3, 0.4) is 0 Å². The Kier molecular flexibility index (Phi) is 7.36. The molecule has 0 unspecified atom stereocenters. The Balaban J connectivity index is 1.29. The molecule has 3 rings (SSSR count). The molecule has 2 aromatic heterocycles. The Labute approximate surface area is 166 Å².